The number of piperidine rings is 1. The number of benzene rings is 1. The summed E-state index contributed by atoms with van der Waals surface area (Å²) in [5.41, 5.74) is -3.12. The fourth-order valence-electron chi connectivity index (χ4n) is 4.08. The number of amides is 2. The lowest BCUT2D eigenvalue weighted by Gasteiger charge is -2.35. The van der Waals surface area contributed by atoms with Crippen LogP contribution in [0.1, 0.15) is 49.3 Å². The molecule has 0 N–H and O–H groups in total. The zero-order valence-corrected chi connectivity index (χ0v) is 16.3. The van der Waals surface area contributed by atoms with Crippen LogP contribution in [0.3, 0.4) is 0 Å². The van der Waals surface area contributed by atoms with E-state index in [0.29, 0.717) is 18.7 Å². The topological polar surface area (TPSA) is 40.6 Å². The number of nitrogens with zero attached hydrogens (tertiary/aromatic N) is 2. The summed E-state index contributed by atoms with van der Waals surface area (Å²) in [6.45, 7) is 2.09. The lowest BCUT2D eigenvalue weighted by Crippen LogP contribution is -2.45. The van der Waals surface area contributed by atoms with Crippen LogP contribution >= 0.6 is 0 Å². The van der Waals surface area contributed by atoms with Crippen molar-refractivity contribution < 1.29 is 35.9 Å². The predicted molar refractivity (Wildman–Crippen MR) is 95.0 cm³/mol. The average molecular weight is 436 g/mol. The van der Waals surface area contributed by atoms with E-state index in [1.807, 2.05) is 6.92 Å². The van der Waals surface area contributed by atoms with Crippen LogP contribution in [0, 0.1) is 5.92 Å². The number of carbonyl (C=O) groups excluding carboxylic acids is 2. The Kier molecular flexibility index (Phi) is 6.06. The van der Waals surface area contributed by atoms with Crippen molar-refractivity contribution in [2.75, 3.05) is 13.1 Å². The Hall–Kier alpha value is -2.26. The van der Waals surface area contributed by atoms with E-state index in [2.05, 4.69) is 0 Å². The lowest BCUT2D eigenvalue weighted by molar-refractivity contribution is -0.143. The maximum atomic E-state index is 13.0. The molecule has 3 rings (SSSR count). The molecule has 2 aliphatic heterocycles. The second-order valence-electron chi connectivity index (χ2n) is 7.97. The Morgan fingerprint density at radius 2 is 1.63 bits per heavy atom. The van der Waals surface area contributed by atoms with Gasteiger partial charge in [0.2, 0.25) is 11.8 Å². The van der Waals surface area contributed by atoms with Crippen molar-refractivity contribution in [2.45, 2.75) is 57.5 Å². The summed E-state index contributed by atoms with van der Waals surface area (Å²) in [7, 11) is 0. The number of likely N-dealkylation sites (tertiary alicyclic amines) is 2. The molecule has 0 bridgehead atoms. The predicted octanol–water partition coefficient (Wildman–Crippen LogP) is 4.47. The molecule has 2 saturated heterocycles. The van der Waals surface area contributed by atoms with E-state index in [1.54, 1.807) is 4.90 Å². The van der Waals surface area contributed by atoms with Gasteiger partial charge in [0.1, 0.15) is 0 Å². The molecule has 10 heteroatoms. The Morgan fingerprint density at radius 1 is 1.03 bits per heavy atom. The first kappa shape index (κ1) is 22.4. The van der Waals surface area contributed by atoms with Crippen LogP contribution in [-0.4, -0.2) is 40.7 Å². The van der Waals surface area contributed by atoms with Gasteiger partial charge in [-0.2, -0.15) is 26.3 Å². The molecule has 2 fully saturated rings. The van der Waals surface area contributed by atoms with Crippen molar-refractivity contribution in [1.82, 2.24) is 9.80 Å². The molecule has 4 nitrogen and oxygen atoms in total. The minimum Gasteiger partial charge on any atom is -0.340 e. The highest BCUT2D eigenvalue weighted by Crippen LogP contribution is 2.37. The summed E-state index contributed by atoms with van der Waals surface area (Å²) in [5, 5.41) is 0. The normalized spacial score (nSPS) is 23.2. The molecule has 2 aliphatic rings. The quantitative estimate of drug-likeness (QED) is 0.656. The molecule has 0 radical (unpaired) electrons. The van der Waals surface area contributed by atoms with Gasteiger partial charge in [-0.1, -0.05) is 0 Å². The van der Waals surface area contributed by atoms with Crippen molar-refractivity contribution >= 4 is 11.8 Å². The molecule has 0 saturated carbocycles. The van der Waals surface area contributed by atoms with Crippen molar-refractivity contribution in [3.63, 3.8) is 0 Å². The summed E-state index contributed by atoms with van der Waals surface area (Å²) in [6.07, 6.45) is -7.25. The molecule has 0 spiro atoms. The van der Waals surface area contributed by atoms with E-state index in [0.717, 1.165) is 24.2 Å². The summed E-state index contributed by atoms with van der Waals surface area (Å²) in [5.74, 6) is -1.27. The summed E-state index contributed by atoms with van der Waals surface area (Å²) in [6, 6.07) is 1.34. The third kappa shape index (κ3) is 4.89. The Balaban J connectivity index is 1.78. The first-order valence-corrected chi connectivity index (χ1v) is 9.73. The van der Waals surface area contributed by atoms with E-state index >= 15 is 0 Å². The monoisotopic (exact) mass is 436 g/mol. The Bertz CT molecular complexity index is 788. The molecule has 1 aromatic rings. The molecule has 0 aliphatic carbocycles. The van der Waals surface area contributed by atoms with Gasteiger partial charge in [0.15, 0.2) is 0 Å². The molecule has 30 heavy (non-hydrogen) atoms. The molecule has 1 aromatic carbocycles. The van der Waals surface area contributed by atoms with Crippen LogP contribution in [0.5, 0.6) is 0 Å². The van der Waals surface area contributed by atoms with Gasteiger partial charge < -0.3 is 9.80 Å². The first-order valence-electron chi connectivity index (χ1n) is 9.73. The third-order valence-corrected chi connectivity index (χ3v) is 5.67. The average Bonchev–Trinajstić information content (AvgIpc) is 3.00. The molecule has 2 amide bonds. The molecule has 0 aromatic heterocycles. The minimum absolute atomic E-state index is 0.0154. The number of carbonyl (C=O) groups is 2. The molecular weight excluding hydrogens is 414 g/mol. The number of hydrogen-bond donors (Lipinski definition) is 0. The minimum atomic E-state index is -4.95. The molecular formula is C20H22F6N2O2. The van der Waals surface area contributed by atoms with Crippen LogP contribution in [-0.2, 0) is 28.5 Å². The summed E-state index contributed by atoms with van der Waals surface area (Å²) >= 11 is 0. The van der Waals surface area contributed by atoms with Gasteiger partial charge in [-0.3, -0.25) is 9.59 Å². The maximum absolute atomic E-state index is 13.0. The van der Waals surface area contributed by atoms with Gasteiger partial charge in [0.05, 0.1) is 17.0 Å². The van der Waals surface area contributed by atoms with Gasteiger partial charge in [-0.05, 0) is 49.9 Å². The second kappa shape index (κ2) is 8.11. The standard InChI is InChI=1S/C20H22F6N2O2/c1-12-4-2-3-5-28(12)18(30)14-8-17(29)27(11-14)10-13-6-15(19(21,22)23)9-16(7-13)20(24,25)26/h6-7,9,12,14H,2-5,8,10-11H2,1H3/t12-,14+/m0/s1. The number of halogens is 6. The zero-order valence-electron chi connectivity index (χ0n) is 16.3. The molecule has 0 unspecified atom stereocenters. The van der Waals surface area contributed by atoms with E-state index in [9.17, 15) is 35.9 Å². The van der Waals surface area contributed by atoms with E-state index in [4.69, 9.17) is 0 Å². The Morgan fingerprint density at radius 3 is 2.17 bits per heavy atom. The highest BCUT2D eigenvalue weighted by Gasteiger charge is 2.40. The summed E-state index contributed by atoms with van der Waals surface area (Å²) < 4.78 is 78.2. The highest BCUT2D eigenvalue weighted by molar-refractivity contribution is 5.89. The zero-order chi connectivity index (χ0) is 22.3. The lowest BCUT2D eigenvalue weighted by atomic mass is 9.99. The number of rotatable bonds is 3. The first-order chi connectivity index (χ1) is 13.9. The molecule has 2 heterocycles. The van der Waals surface area contributed by atoms with Gasteiger partial charge in [0.25, 0.3) is 0 Å². The fourth-order valence-corrected chi connectivity index (χ4v) is 4.08. The maximum Gasteiger partial charge on any atom is 0.416 e. The van der Waals surface area contributed by atoms with Gasteiger partial charge in [-0.25, -0.2) is 0 Å². The van der Waals surface area contributed by atoms with Gasteiger partial charge in [-0.15, -0.1) is 0 Å². The third-order valence-electron chi connectivity index (χ3n) is 5.67. The Labute approximate surface area is 169 Å². The van der Waals surface area contributed by atoms with Crippen molar-refractivity contribution in [3.05, 3.63) is 34.9 Å². The van der Waals surface area contributed by atoms with Gasteiger partial charge >= 0.3 is 12.4 Å². The van der Waals surface area contributed by atoms with Crippen LogP contribution in [0.15, 0.2) is 18.2 Å². The van der Waals surface area contributed by atoms with Crippen molar-refractivity contribution in [1.29, 1.82) is 0 Å². The largest absolute Gasteiger partial charge is 0.416 e. The summed E-state index contributed by atoms with van der Waals surface area (Å²) in [4.78, 5) is 28.0. The van der Waals surface area contributed by atoms with Crippen molar-refractivity contribution in [2.24, 2.45) is 5.92 Å². The van der Waals surface area contributed by atoms with Crippen molar-refractivity contribution in [3.8, 4) is 0 Å². The second-order valence-corrected chi connectivity index (χ2v) is 7.97. The van der Waals surface area contributed by atoms with E-state index in [1.165, 1.54) is 0 Å². The van der Waals surface area contributed by atoms with Crippen LogP contribution in [0.4, 0.5) is 26.3 Å². The van der Waals surface area contributed by atoms with Crippen LogP contribution in [0.2, 0.25) is 0 Å². The number of alkyl halides is 6. The van der Waals surface area contributed by atoms with Crippen LogP contribution in [0.25, 0.3) is 0 Å². The highest BCUT2D eigenvalue weighted by atomic mass is 19.4. The van der Waals surface area contributed by atoms with E-state index < -0.39 is 41.8 Å². The number of hydrogen-bond acceptors (Lipinski definition) is 2. The molecule has 166 valence electrons. The SMILES string of the molecule is C[C@H]1CCCCN1C(=O)[C@@H]1CC(=O)N(Cc2cc(C(F)(F)F)cc(C(F)(F)F)c2)C1. The fraction of sp³-hybridized carbons (Fsp3) is 0.600. The van der Waals surface area contributed by atoms with Gasteiger partial charge in [0, 0.05) is 32.1 Å². The van der Waals surface area contributed by atoms with E-state index in [-0.39, 0.29) is 36.5 Å². The smallest absolute Gasteiger partial charge is 0.340 e. The van der Waals surface area contributed by atoms with Crippen LogP contribution < -0.4 is 0 Å². The molecule has 2 atom stereocenters.